The van der Waals surface area contributed by atoms with Gasteiger partial charge in [-0.15, -0.1) is 0 Å². The number of halogens is 3. The Labute approximate surface area is 156 Å². The number of ether oxygens (including phenoxy) is 3. The number of alkyl halides is 3. The molecule has 27 heavy (non-hydrogen) atoms. The zero-order valence-electron chi connectivity index (χ0n) is 15.2. The molecule has 2 heterocycles. The summed E-state index contributed by atoms with van der Waals surface area (Å²) in [5, 5.41) is 0. The third kappa shape index (κ3) is 4.05. The van der Waals surface area contributed by atoms with Gasteiger partial charge in [0.2, 0.25) is 0 Å². The van der Waals surface area contributed by atoms with Gasteiger partial charge in [0.05, 0.1) is 12.2 Å². The number of hydrogen-bond acceptors (Lipinski definition) is 3. The van der Waals surface area contributed by atoms with Crippen LogP contribution in [0.3, 0.4) is 0 Å². The molecule has 3 nitrogen and oxygen atoms in total. The molecule has 1 saturated heterocycles. The second-order valence-corrected chi connectivity index (χ2v) is 7.71. The number of hydrogen-bond donors (Lipinski definition) is 0. The van der Waals surface area contributed by atoms with Gasteiger partial charge in [-0.05, 0) is 38.0 Å². The smallest absolute Gasteiger partial charge is 0.416 e. The Hall–Kier alpha value is -2.21. The summed E-state index contributed by atoms with van der Waals surface area (Å²) in [6.07, 6.45) is -3.62. The van der Waals surface area contributed by atoms with Gasteiger partial charge in [0.1, 0.15) is 29.8 Å². The standard InChI is InChI=1S/C21H21F3O3/c1-20(2)10-18(13-4-3-5-14(8-13)21(22,23)24)17-7-6-15(9-19(17)27-20)25-11-16-12-26-16/h3-9,16,18H,10-12H2,1-2H3. The Balaban J connectivity index is 1.68. The highest BCUT2D eigenvalue weighted by Crippen LogP contribution is 2.46. The number of epoxide rings is 1. The molecule has 2 aliphatic rings. The van der Waals surface area contributed by atoms with Gasteiger partial charge in [0.25, 0.3) is 0 Å². The fourth-order valence-electron chi connectivity index (χ4n) is 3.50. The molecule has 4 rings (SSSR count). The molecule has 0 bridgehead atoms. The summed E-state index contributed by atoms with van der Waals surface area (Å²) in [5.41, 5.74) is 0.394. The number of rotatable bonds is 4. The molecule has 2 aromatic carbocycles. The first kappa shape index (κ1) is 18.2. The van der Waals surface area contributed by atoms with Crippen molar-refractivity contribution in [1.29, 1.82) is 0 Å². The molecule has 0 amide bonds. The maximum atomic E-state index is 13.1. The van der Waals surface area contributed by atoms with E-state index in [4.69, 9.17) is 14.2 Å². The molecule has 1 fully saturated rings. The van der Waals surface area contributed by atoms with Crippen LogP contribution in [0, 0.1) is 0 Å². The van der Waals surface area contributed by atoms with E-state index in [0.29, 0.717) is 36.7 Å². The SMILES string of the molecule is CC1(C)CC(c2cccc(C(F)(F)F)c2)c2ccc(OCC3CO3)cc2O1. The second-order valence-electron chi connectivity index (χ2n) is 7.71. The minimum Gasteiger partial charge on any atom is -0.491 e. The highest BCUT2D eigenvalue weighted by molar-refractivity contribution is 5.49. The summed E-state index contributed by atoms with van der Waals surface area (Å²) in [5.74, 6) is 1.15. The Bertz CT molecular complexity index is 841. The summed E-state index contributed by atoms with van der Waals surface area (Å²) in [6, 6.07) is 11.1. The molecular weight excluding hydrogens is 357 g/mol. The van der Waals surface area contributed by atoms with Gasteiger partial charge in [-0.2, -0.15) is 13.2 Å². The molecule has 2 unspecified atom stereocenters. The van der Waals surface area contributed by atoms with E-state index in [0.717, 1.165) is 11.6 Å². The topological polar surface area (TPSA) is 31.0 Å². The van der Waals surface area contributed by atoms with Gasteiger partial charge in [-0.1, -0.05) is 24.3 Å². The number of fused-ring (bicyclic) bond motifs is 1. The summed E-state index contributed by atoms with van der Waals surface area (Å²) in [6.45, 7) is 5.09. The highest BCUT2D eigenvalue weighted by Gasteiger charge is 2.37. The summed E-state index contributed by atoms with van der Waals surface area (Å²) in [7, 11) is 0. The lowest BCUT2D eigenvalue weighted by atomic mass is 9.79. The second kappa shape index (κ2) is 6.44. The van der Waals surface area contributed by atoms with E-state index >= 15 is 0 Å². The molecule has 2 aromatic rings. The van der Waals surface area contributed by atoms with Crippen LogP contribution in [0.15, 0.2) is 42.5 Å². The van der Waals surface area contributed by atoms with E-state index in [2.05, 4.69) is 0 Å². The van der Waals surface area contributed by atoms with E-state index in [-0.39, 0.29) is 12.0 Å². The first-order valence-corrected chi connectivity index (χ1v) is 8.96. The van der Waals surface area contributed by atoms with Crippen molar-refractivity contribution in [2.24, 2.45) is 0 Å². The Morgan fingerprint density at radius 3 is 2.63 bits per heavy atom. The van der Waals surface area contributed by atoms with Crippen molar-refractivity contribution in [3.8, 4) is 11.5 Å². The van der Waals surface area contributed by atoms with Crippen molar-refractivity contribution in [1.82, 2.24) is 0 Å². The molecule has 0 saturated carbocycles. The fourth-order valence-corrected chi connectivity index (χ4v) is 3.50. The number of benzene rings is 2. The van der Waals surface area contributed by atoms with Crippen LogP contribution in [0.25, 0.3) is 0 Å². The predicted octanol–water partition coefficient (Wildman–Crippen LogP) is 5.18. The lowest BCUT2D eigenvalue weighted by molar-refractivity contribution is -0.137. The zero-order valence-corrected chi connectivity index (χ0v) is 15.2. The maximum absolute atomic E-state index is 13.1. The maximum Gasteiger partial charge on any atom is 0.416 e. The highest BCUT2D eigenvalue weighted by atomic mass is 19.4. The van der Waals surface area contributed by atoms with Crippen molar-refractivity contribution in [3.63, 3.8) is 0 Å². The minimum atomic E-state index is -4.36. The van der Waals surface area contributed by atoms with Crippen LogP contribution in [0.4, 0.5) is 13.2 Å². The fraction of sp³-hybridized carbons (Fsp3) is 0.429. The van der Waals surface area contributed by atoms with Crippen molar-refractivity contribution >= 4 is 0 Å². The molecule has 2 atom stereocenters. The summed E-state index contributed by atoms with van der Waals surface area (Å²) < 4.78 is 56.4. The van der Waals surface area contributed by atoms with E-state index < -0.39 is 17.3 Å². The Morgan fingerprint density at radius 1 is 1.15 bits per heavy atom. The van der Waals surface area contributed by atoms with Gasteiger partial charge in [0, 0.05) is 17.5 Å². The monoisotopic (exact) mass is 378 g/mol. The van der Waals surface area contributed by atoms with Gasteiger partial charge in [-0.3, -0.25) is 0 Å². The van der Waals surface area contributed by atoms with Crippen molar-refractivity contribution in [2.45, 2.75) is 44.1 Å². The summed E-state index contributed by atoms with van der Waals surface area (Å²) in [4.78, 5) is 0. The lowest BCUT2D eigenvalue weighted by Gasteiger charge is -2.38. The first-order chi connectivity index (χ1) is 12.7. The molecule has 0 spiro atoms. The molecule has 0 aliphatic carbocycles. The van der Waals surface area contributed by atoms with Gasteiger partial charge < -0.3 is 14.2 Å². The van der Waals surface area contributed by atoms with Crippen LogP contribution in [0.2, 0.25) is 0 Å². The van der Waals surface area contributed by atoms with Crippen LogP contribution < -0.4 is 9.47 Å². The minimum absolute atomic E-state index is 0.149. The lowest BCUT2D eigenvalue weighted by Crippen LogP contribution is -2.35. The van der Waals surface area contributed by atoms with Crippen LogP contribution in [-0.2, 0) is 10.9 Å². The van der Waals surface area contributed by atoms with Crippen LogP contribution in [0.5, 0.6) is 11.5 Å². The van der Waals surface area contributed by atoms with Gasteiger partial charge in [0.15, 0.2) is 0 Å². The van der Waals surface area contributed by atoms with E-state index in [1.807, 2.05) is 32.0 Å². The van der Waals surface area contributed by atoms with E-state index in [9.17, 15) is 13.2 Å². The predicted molar refractivity (Wildman–Crippen MR) is 94.3 cm³/mol. The van der Waals surface area contributed by atoms with Gasteiger partial charge >= 0.3 is 6.18 Å². The van der Waals surface area contributed by atoms with Crippen molar-refractivity contribution in [2.75, 3.05) is 13.2 Å². The van der Waals surface area contributed by atoms with Crippen LogP contribution >= 0.6 is 0 Å². The van der Waals surface area contributed by atoms with E-state index in [1.165, 1.54) is 12.1 Å². The van der Waals surface area contributed by atoms with Crippen molar-refractivity contribution in [3.05, 3.63) is 59.2 Å². The first-order valence-electron chi connectivity index (χ1n) is 8.96. The molecule has 6 heteroatoms. The molecule has 144 valence electrons. The average molecular weight is 378 g/mol. The normalized spacial score (nSPS) is 23.3. The summed E-state index contributed by atoms with van der Waals surface area (Å²) >= 11 is 0. The third-order valence-corrected chi connectivity index (χ3v) is 4.90. The van der Waals surface area contributed by atoms with E-state index in [1.54, 1.807) is 6.07 Å². The van der Waals surface area contributed by atoms with Gasteiger partial charge in [-0.25, -0.2) is 0 Å². The molecular formula is C21H21F3O3. The Kier molecular flexibility index (Phi) is 4.34. The largest absolute Gasteiger partial charge is 0.491 e. The zero-order chi connectivity index (χ0) is 19.2. The van der Waals surface area contributed by atoms with Crippen LogP contribution in [0.1, 0.15) is 42.9 Å². The average Bonchev–Trinajstić information content (AvgIpc) is 3.42. The van der Waals surface area contributed by atoms with Crippen LogP contribution in [-0.4, -0.2) is 24.9 Å². The molecule has 0 aromatic heterocycles. The molecule has 2 aliphatic heterocycles. The molecule has 0 N–H and O–H groups in total. The third-order valence-electron chi connectivity index (χ3n) is 4.90. The van der Waals surface area contributed by atoms with Crippen molar-refractivity contribution < 1.29 is 27.4 Å². The quantitative estimate of drug-likeness (QED) is 0.687. The molecule has 0 radical (unpaired) electrons. The Morgan fingerprint density at radius 2 is 1.93 bits per heavy atom.